The molecule has 0 amide bonds. The summed E-state index contributed by atoms with van der Waals surface area (Å²) in [6.45, 7) is 8.75. The van der Waals surface area contributed by atoms with Crippen molar-refractivity contribution in [2.45, 2.75) is 66.2 Å². The first-order valence-corrected chi connectivity index (χ1v) is 9.70. The van der Waals surface area contributed by atoms with Gasteiger partial charge in [0.2, 0.25) is 0 Å². The van der Waals surface area contributed by atoms with Crippen molar-refractivity contribution in [2.75, 3.05) is 18.1 Å². The summed E-state index contributed by atoms with van der Waals surface area (Å²) < 4.78 is 4.95. The van der Waals surface area contributed by atoms with Crippen molar-refractivity contribution in [2.24, 2.45) is 0 Å². The summed E-state index contributed by atoms with van der Waals surface area (Å²) in [6.07, 6.45) is 6.09. The van der Waals surface area contributed by atoms with Crippen molar-refractivity contribution >= 4 is 27.6 Å². The Labute approximate surface area is 121 Å². The molecule has 0 unspecified atom stereocenters. The quantitative estimate of drug-likeness (QED) is 0.376. The van der Waals surface area contributed by atoms with Gasteiger partial charge in [-0.1, -0.05) is 62.1 Å². The number of esters is 1. The molecule has 1 fully saturated rings. The first-order valence-electron chi connectivity index (χ1n) is 7.21. The predicted octanol–water partition coefficient (Wildman–Crippen LogP) is 5.32. The number of rotatable bonds is 6. The van der Waals surface area contributed by atoms with Crippen LogP contribution < -0.4 is 0 Å². The first-order chi connectivity index (χ1) is 8.81. The van der Waals surface area contributed by atoms with Crippen LogP contribution in [0.1, 0.15) is 66.2 Å². The molecule has 0 saturated carbocycles. The Morgan fingerprint density at radius 2 is 1.61 bits per heavy atom. The fraction of sp³-hybridized carbons (Fsp3) is 0.929. The molecule has 0 aromatic carbocycles. The predicted molar refractivity (Wildman–Crippen MR) is 86.3 cm³/mol. The van der Waals surface area contributed by atoms with Gasteiger partial charge in [0.05, 0.1) is 6.61 Å². The molecule has 2 nitrogen and oxygen atoms in total. The van der Waals surface area contributed by atoms with E-state index in [4.69, 9.17) is 4.74 Å². The van der Waals surface area contributed by atoms with Gasteiger partial charge in [-0.3, -0.25) is 4.79 Å². The van der Waals surface area contributed by atoms with E-state index in [0.717, 1.165) is 25.7 Å². The summed E-state index contributed by atoms with van der Waals surface area (Å²) in [5, 5.41) is 0. The molecule has 1 aliphatic heterocycles. The average Bonchev–Trinajstić information content (AvgIpc) is 2.98. The Kier molecular flexibility index (Phi) is 22.2. The van der Waals surface area contributed by atoms with Crippen LogP contribution >= 0.6 is 21.6 Å². The van der Waals surface area contributed by atoms with Crippen molar-refractivity contribution in [1.82, 2.24) is 0 Å². The van der Waals surface area contributed by atoms with Crippen LogP contribution in [-0.2, 0) is 9.53 Å². The lowest BCUT2D eigenvalue weighted by molar-refractivity contribution is -0.143. The van der Waals surface area contributed by atoms with Crippen molar-refractivity contribution < 1.29 is 9.53 Å². The maximum Gasteiger partial charge on any atom is 0.305 e. The highest BCUT2D eigenvalue weighted by atomic mass is 33.1. The summed E-state index contributed by atoms with van der Waals surface area (Å²) >= 11 is 0. The zero-order valence-corrected chi connectivity index (χ0v) is 14.1. The number of carbonyl (C=O) groups is 1. The van der Waals surface area contributed by atoms with Crippen LogP contribution in [0.3, 0.4) is 0 Å². The molecule has 1 saturated heterocycles. The molecule has 1 aliphatic rings. The third kappa shape index (κ3) is 18.5. The minimum Gasteiger partial charge on any atom is -0.466 e. The zero-order chi connectivity index (χ0) is 14.1. The second-order valence-electron chi connectivity index (χ2n) is 3.68. The summed E-state index contributed by atoms with van der Waals surface area (Å²) in [6, 6.07) is 0. The minimum atomic E-state index is -0.0414. The molecule has 0 aromatic heterocycles. The Bertz CT molecular complexity index is 152. The van der Waals surface area contributed by atoms with Gasteiger partial charge in [-0.2, -0.15) is 0 Å². The monoisotopic (exact) mass is 294 g/mol. The molecule has 0 N–H and O–H groups in total. The van der Waals surface area contributed by atoms with Gasteiger partial charge >= 0.3 is 5.97 Å². The molecule has 0 radical (unpaired) electrons. The van der Waals surface area contributed by atoms with Gasteiger partial charge in [0.1, 0.15) is 0 Å². The third-order valence-electron chi connectivity index (χ3n) is 2.03. The number of hydrogen-bond donors (Lipinski definition) is 0. The summed E-state index contributed by atoms with van der Waals surface area (Å²) in [4.78, 5) is 10.9. The zero-order valence-electron chi connectivity index (χ0n) is 12.5. The summed E-state index contributed by atoms with van der Waals surface area (Å²) in [5.41, 5.74) is 0. The smallest absolute Gasteiger partial charge is 0.305 e. The molecule has 18 heavy (non-hydrogen) atoms. The van der Waals surface area contributed by atoms with Gasteiger partial charge in [0, 0.05) is 17.9 Å². The number of carbonyl (C=O) groups excluding carboxylic acids is 1. The fourth-order valence-corrected chi connectivity index (χ4v) is 3.38. The number of hydrogen-bond acceptors (Lipinski definition) is 4. The van der Waals surface area contributed by atoms with Crippen LogP contribution in [0.2, 0.25) is 0 Å². The van der Waals surface area contributed by atoms with E-state index >= 15 is 0 Å². The molecule has 110 valence electrons. The van der Waals surface area contributed by atoms with E-state index in [1.54, 1.807) is 0 Å². The van der Waals surface area contributed by atoms with Gasteiger partial charge in [0.25, 0.3) is 0 Å². The lowest BCUT2D eigenvalue weighted by Gasteiger charge is -2.01. The second kappa shape index (κ2) is 19.5. The summed E-state index contributed by atoms with van der Waals surface area (Å²) in [5.74, 6) is 2.72. The summed E-state index contributed by atoms with van der Waals surface area (Å²) in [7, 11) is 3.98. The SMILES string of the molecule is C1CSSC1.CC.CCCCOC(=O)CCCC. The fourth-order valence-electron chi connectivity index (χ4n) is 1.02. The minimum absolute atomic E-state index is 0.0414. The highest BCUT2D eigenvalue weighted by Crippen LogP contribution is 2.29. The van der Waals surface area contributed by atoms with Crippen molar-refractivity contribution in [3.8, 4) is 0 Å². The molecule has 0 aliphatic carbocycles. The highest BCUT2D eigenvalue weighted by Gasteiger charge is 1.99. The topological polar surface area (TPSA) is 26.3 Å². The van der Waals surface area contributed by atoms with E-state index in [1.807, 2.05) is 35.4 Å². The van der Waals surface area contributed by atoms with Crippen LogP contribution in [0.15, 0.2) is 0 Å². The number of unbranched alkanes of at least 4 members (excludes halogenated alkanes) is 2. The van der Waals surface area contributed by atoms with Crippen LogP contribution in [0, 0.1) is 0 Å². The Morgan fingerprint density at radius 3 is 2.00 bits per heavy atom. The molecule has 0 spiro atoms. The van der Waals surface area contributed by atoms with E-state index in [2.05, 4.69) is 13.8 Å². The lowest BCUT2D eigenvalue weighted by Crippen LogP contribution is -2.04. The van der Waals surface area contributed by atoms with Gasteiger partial charge < -0.3 is 4.74 Å². The van der Waals surface area contributed by atoms with E-state index in [9.17, 15) is 4.79 Å². The second-order valence-corrected chi connectivity index (χ2v) is 6.38. The van der Waals surface area contributed by atoms with E-state index in [0.29, 0.717) is 13.0 Å². The average molecular weight is 295 g/mol. The normalized spacial score (nSPS) is 12.9. The van der Waals surface area contributed by atoms with Crippen molar-refractivity contribution in [3.05, 3.63) is 0 Å². The number of ether oxygens (including phenoxy) is 1. The molecule has 1 rings (SSSR count). The molecular formula is C14H30O2S2. The maximum absolute atomic E-state index is 10.9. The van der Waals surface area contributed by atoms with E-state index in [-0.39, 0.29) is 5.97 Å². The van der Waals surface area contributed by atoms with Gasteiger partial charge in [0.15, 0.2) is 0 Å². The molecule has 4 heteroatoms. The Morgan fingerprint density at radius 1 is 1.06 bits per heavy atom. The standard InChI is InChI=1S/C9H18O2.C3H6S2.C2H6/c1-3-5-7-9(10)11-8-6-4-2;1-2-4-5-3-1;1-2/h3-8H2,1-2H3;1-3H2;1-2H3. The lowest BCUT2D eigenvalue weighted by atomic mass is 10.2. The maximum atomic E-state index is 10.9. The highest BCUT2D eigenvalue weighted by molar-refractivity contribution is 8.77. The Balaban J connectivity index is 0. The van der Waals surface area contributed by atoms with E-state index in [1.165, 1.54) is 17.9 Å². The molecule has 0 atom stereocenters. The molecule has 0 bridgehead atoms. The van der Waals surface area contributed by atoms with Gasteiger partial charge in [-0.05, 0) is 19.3 Å². The van der Waals surface area contributed by atoms with Gasteiger partial charge in [-0.15, -0.1) is 0 Å². The first kappa shape index (κ1) is 20.5. The van der Waals surface area contributed by atoms with Crippen LogP contribution in [-0.4, -0.2) is 24.1 Å². The third-order valence-corrected chi connectivity index (χ3v) is 4.61. The molecular weight excluding hydrogens is 264 g/mol. The van der Waals surface area contributed by atoms with Crippen LogP contribution in [0.5, 0.6) is 0 Å². The molecule has 1 heterocycles. The van der Waals surface area contributed by atoms with Crippen LogP contribution in [0.25, 0.3) is 0 Å². The van der Waals surface area contributed by atoms with Gasteiger partial charge in [-0.25, -0.2) is 0 Å². The Hall–Kier alpha value is 0.170. The van der Waals surface area contributed by atoms with Crippen molar-refractivity contribution in [1.29, 1.82) is 0 Å². The largest absolute Gasteiger partial charge is 0.466 e. The van der Waals surface area contributed by atoms with Crippen LogP contribution in [0.4, 0.5) is 0 Å². The van der Waals surface area contributed by atoms with E-state index < -0.39 is 0 Å². The van der Waals surface area contributed by atoms with Crippen molar-refractivity contribution in [3.63, 3.8) is 0 Å². The molecule has 0 aromatic rings.